The second-order valence-corrected chi connectivity index (χ2v) is 14.0. The van der Waals surface area contributed by atoms with E-state index in [1.54, 1.807) is 12.1 Å². The summed E-state index contributed by atoms with van der Waals surface area (Å²) in [6.07, 6.45) is 2.49. The Hall–Kier alpha value is -3.81. The lowest BCUT2D eigenvalue weighted by Gasteiger charge is -2.27. The van der Waals surface area contributed by atoms with Crippen LogP contribution in [0.2, 0.25) is 0 Å². The molecular formula is C30H37N3O8S2. The molecule has 1 saturated heterocycles. The number of ether oxygens (including phenoxy) is 3. The Labute approximate surface area is 253 Å². The number of nitrogens with one attached hydrogen (secondary N) is 1. The fourth-order valence-corrected chi connectivity index (χ4v) is 8.16. The highest BCUT2D eigenvalue weighted by Gasteiger charge is 2.31. The molecule has 1 heterocycles. The highest BCUT2D eigenvalue weighted by atomic mass is 32.2. The number of hydrogen-bond acceptors (Lipinski definition) is 8. The average Bonchev–Trinajstić information content (AvgIpc) is 2.99. The third kappa shape index (κ3) is 7.06. The number of carbonyl (C=O) groups excluding carboxylic acids is 1. The SMILES string of the molecule is COc1ccc(S(=O)(=O)N(CC(=O)Nc2ccc(OC)c(S(=O)(=O)N3CCCCC3)c2)c2cc(C)cc(C)c2)cc1OC. The smallest absolute Gasteiger partial charge is 0.264 e. The second kappa shape index (κ2) is 13.2. The Morgan fingerprint density at radius 2 is 1.40 bits per heavy atom. The Balaban J connectivity index is 1.69. The van der Waals surface area contributed by atoms with Crippen molar-refractivity contribution in [2.75, 3.05) is 50.6 Å². The zero-order valence-electron chi connectivity index (χ0n) is 24.9. The van der Waals surface area contributed by atoms with Gasteiger partial charge in [0.05, 0.1) is 31.9 Å². The largest absolute Gasteiger partial charge is 0.495 e. The Morgan fingerprint density at radius 1 is 0.791 bits per heavy atom. The molecule has 1 aliphatic rings. The van der Waals surface area contributed by atoms with E-state index >= 15 is 0 Å². The van der Waals surface area contributed by atoms with Gasteiger partial charge in [0.15, 0.2) is 11.5 Å². The number of aryl methyl sites for hydroxylation is 2. The van der Waals surface area contributed by atoms with Gasteiger partial charge >= 0.3 is 0 Å². The highest BCUT2D eigenvalue weighted by molar-refractivity contribution is 7.92. The maximum Gasteiger partial charge on any atom is 0.264 e. The van der Waals surface area contributed by atoms with E-state index < -0.39 is 32.5 Å². The topological polar surface area (TPSA) is 132 Å². The molecule has 1 N–H and O–H groups in total. The number of methoxy groups -OCH3 is 3. The van der Waals surface area contributed by atoms with E-state index in [1.165, 1.54) is 62.0 Å². The van der Waals surface area contributed by atoms with E-state index in [2.05, 4.69) is 5.32 Å². The van der Waals surface area contributed by atoms with E-state index in [1.807, 2.05) is 19.9 Å². The van der Waals surface area contributed by atoms with Gasteiger partial charge < -0.3 is 19.5 Å². The number of hydrogen-bond donors (Lipinski definition) is 1. The van der Waals surface area contributed by atoms with Crippen LogP contribution in [0.3, 0.4) is 0 Å². The van der Waals surface area contributed by atoms with Crippen molar-refractivity contribution in [2.45, 2.75) is 42.9 Å². The summed E-state index contributed by atoms with van der Waals surface area (Å²) in [5.74, 6) is 0.0483. The van der Waals surface area contributed by atoms with E-state index in [-0.39, 0.29) is 27.0 Å². The zero-order valence-corrected chi connectivity index (χ0v) is 26.5. The molecule has 0 atom stereocenters. The molecule has 3 aromatic carbocycles. The molecule has 0 unspecified atom stereocenters. The van der Waals surface area contributed by atoms with E-state index in [0.29, 0.717) is 24.5 Å². The number of benzene rings is 3. The van der Waals surface area contributed by atoms with E-state index in [0.717, 1.165) is 34.7 Å². The van der Waals surface area contributed by atoms with Crippen LogP contribution in [0.1, 0.15) is 30.4 Å². The minimum absolute atomic E-state index is 0.0705. The lowest BCUT2D eigenvalue weighted by atomic mass is 10.1. The molecule has 1 fully saturated rings. The number of nitrogens with zero attached hydrogens (tertiary/aromatic N) is 2. The van der Waals surface area contributed by atoms with Crippen LogP contribution in [0.15, 0.2) is 64.4 Å². The third-order valence-corrected chi connectivity index (χ3v) is 10.8. The van der Waals surface area contributed by atoms with Gasteiger partial charge in [0, 0.05) is 24.8 Å². The van der Waals surface area contributed by atoms with Gasteiger partial charge in [-0.15, -0.1) is 0 Å². The number of piperidine rings is 1. The summed E-state index contributed by atoms with van der Waals surface area (Å²) in [5.41, 5.74) is 2.10. The molecule has 0 aliphatic carbocycles. The molecule has 0 saturated carbocycles. The minimum atomic E-state index is -4.27. The van der Waals surface area contributed by atoms with Crippen molar-refractivity contribution in [1.82, 2.24) is 4.31 Å². The molecule has 43 heavy (non-hydrogen) atoms. The van der Waals surface area contributed by atoms with Gasteiger partial charge in [-0.25, -0.2) is 16.8 Å². The Kier molecular flexibility index (Phi) is 9.88. The van der Waals surface area contributed by atoms with Gasteiger partial charge in [-0.1, -0.05) is 12.5 Å². The summed E-state index contributed by atoms with van der Waals surface area (Å²) < 4.78 is 73.2. The van der Waals surface area contributed by atoms with Gasteiger partial charge in [0.25, 0.3) is 10.0 Å². The minimum Gasteiger partial charge on any atom is -0.495 e. The van der Waals surface area contributed by atoms with Gasteiger partial charge in [0.2, 0.25) is 15.9 Å². The van der Waals surface area contributed by atoms with Crippen LogP contribution in [0.4, 0.5) is 11.4 Å². The van der Waals surface area contributed by atoms with Gasteiger partial charge in [-0.05, 0) is 80.3 Å². The van der Waals surface area contributed by atoms with E-state index in [9.17, 15) is 21.6 Å². The summed E-state index contributed by atoms with van der Waals surface area (Å²) in [6.45, 7) is 3.89. The van der Waals surface area contributed by atoms with Gasteiger partial charge in [-0.3, -0.25) is 9.10 Å². The monoisotopic (exact) mass is 631 g/mol. The molecule has 1 amide bonds. The third-order valence-electron chi connectivity index (χ3n) is 7.10. The fourth-order valence-electron chi connectivity index (χ4n) is 5.05. The lowest BCUT2D eigenvalue weighted by molar-refractivity contribution is -0.114. The standard InChI is InChI=1S/C30H37N3O8S2/c1-21-15-22(2)17-24(16-21)33(42(35,36)25-10-12-26(39-3)28(19-25)41-5)20-30(34)31-23-9-11-27(40-4)29(18-23)43(37,38)32-13-7-6-8-14-32/h9-12,15-19H,6-8,13-14,20H2,1-5H3,(H,31,34). The normalized spacial score (nSPS) is 14.2. The van der Waals surface area contributed by atoms with Crippen LogP contribution >= 0.6 is 0 Å². The lowest BCUT2D eigenvalue weighted by Crippen LogP contribution is -2.38. The summed E-state index contributed by atoms with van der Waals surface area (Å²) >= 11 is 0. The molecule has 0 bridgehead atoms. The first-order chi connectivity index (χ1) is 20.4. The summed E-state index contributed by atoms with van der Waals surface area (Å²) in [5, 5.41) is 2.67. The molecule has 0 spiro atoms. The first-order valence-corrected chi connectivity index (χ1v) is 16.6. The molecule has 13 heteroatoms. The quantitative estimate of drug-likeness (QED) is 0.331. The first-order valence-electron chi connectivity index (χ1n) is 13.7. The van der Waals surface area contributed by atoms with Crippen LogP contribution in [-0.4, -0.2) is 68.0 Å². The summed E-state index contributed by atoms with van der Waals surface area (Å²) in [7, 11) is -3.93. The van der Waals surface area contributed by atoms with E-state index in [4.69, 9.17) is 14.2 Å². The zero-order chi connectivity index (χ0) is 31.4. The average molecular weight is 632 g/mol. The molecule has 11 nitrogen and oxygen atoms in total. The van der Waals surface area contributed by atoms with Crippen LogP contribution < -0.4 is 23.8 Å². The van der Waals surface area contributed by atoms with Crippen molar-refractivity contribution in [3.8, 4) is 17.2 Å². The first kappa shape index (κ1) is 32.1. The predicted octanol–water partition coefficient (Wildman–Crippen LogP) is 4.34. The number of sulfonamides is 2. The number of amides is 1. The summed E-state index contributed by atoms with van der Waals surface area (Å²) in [6, 6.07) is 13.8. The van der Waals surface area contributed by atoms with Crippen molar-refractivity contribution in [1.29, 1.82) is 0 Å². The van der Waals surface area contributed by atoms with Crippen LogP contribution in [0.5, 0.6) is 17.2 Å². The number of rotatable bonds is 11. The molecule has 232 valence electrons. The van der Waals surface area contributed by atoms with Crippen molar-refractivity contribution in [3.63, 3.8) is 0 Å². The Morgan fingerprint density at radius 3 is 2.00 bits per heavy atom. The fraction of sp³-hybridized carbons (Fsp3) is 0.367. The molecule has 0 aromatic heterocycles. The molecule has 0 radical (unpaired) electrons. The number of carbonyl (C=O) groups is 1. The van der Waals surface area contributed by atoms with Crippen molar-refractivity contribution in [3.05, 3.63) is 65.7 Å². The summed E-state index contributed by atoms with van der Waals surface area (Å²) in [4.78, 5) is 13.3. The maximum absolute atomic E-state index is 14.0. The predicted molar refractivity (Wildman–Crippen MR) is 164 cm³/mol. The highest BCUT2D eigenvalue weighted by Crippen LogP contribution is 2.34. The molecule has 4 rings (SSSR count). The second-order valence-electron chi connectivity index (χ2n) is 10.3. The molecular weight excluding hydrogens is 594 g/mol. The Bertz CT molecular complexity index is 1680. The number of anilines is 2. The van der Waals surface area contributed by atoms with Crippen molar-refractivity contribution >= 4 is 37.3 Å². The van der Waals surface area contributed by atoms with Crippen molar-refractivity contribution in [2.24, 2.45) is 0 Å². The maximum atomic E-state index is 14.0. The van der Waals surface area contributed by atoms with Crippen LogP contribution in [0.25, 0.3) is 0 Å². The van der Waals surface area contributed by atoms with Crippen LogP contribution in [0, 0.1) is 13.8 Å². The van der Waals surface area contributed by atoms with Crippen molar-refractivity contribution < 1.29 is 35.8 Å². The molecule has 1 aliphatic heterocycles. The van der Waals surface area contributed by atoms with Gasteiger partial charge in [-0.2, -0.15) is 4.31 Å². The van der Waals surface area contributed by atoms with Crippen LogP contribution in [-0.2, 0) is 24.8 Å². The van der Waals surface area contributed by atoms with Gasteiger partial charge in [0.1, 0.15) is 17.2 Å². The molecule has 3 aromatic rings.